The van der Waals surface area contributed by atoms with Crippen molar-refractivity contribution in [3.63, 3.8) is 0 Å². The number of nitrogen functional groups attached to an aromatic ring is 1. The number of anilines is 2. The number of rotatable bonds is 9. The highest BCUT2D eigenvalue weighted by Gasteiger charge is 2.43. The van der Waals surface area contributed by atoms with Gasteiger partial charge in [-0.1, -0.05) is 0 Å². The van der Waals surface area contributed by atoms with E-state index in [9.17, 15) is 23.1 Å². The number of hydrogen-bond acceptors (Lipinski definition) is 12. The summed E-state index contributed by atoms with van der Waals surface area (Å²) in [5.41, 5.74) is 13.2. The molecule has 5 N–H and O–H groups in total. The van der Waals surface area contributed by atoms with E-state index in [0.717, 1.165) is 0 Å². The summed E-state index contributed by atoms with van der Waals surface area (Å²) in [6.07, 6.45) is 0.0377. The Morgan fingerprint density at radius 2 is 2.02 bits per heavy atom. The van der Waals surface area contributed by atoms with E-state index in [1.807, 2.05) is 0 Å². The average molecular weight is 588 g/mol. The van der Waals surface area contributed by atoms with Crippen molar-refractivity contribution in [2.45, 2.75) is 44.4 Å². The second kappa shape index (κ2) is 11.7. The van der Waals surface area contributed by atoms with Gasteiger partial charge in [-0.05, 0) is 36.6 Å². The number of aromatic nitrogens is 6. The Labute approximate surface area is 237 Å². The number of aliphatic hydroxyl groups excluding tert-OH is 1. The summed E-state index contributed by atoms with van der Waals surface area (Å²) in [7, 11) is 0. The van der Waals surface area contributed by atoms with E-state index < -0.39 is 36.8 Å². The van der Waals surface area contributed by atoms with Crippen molar-refractivity contribution in [3.8, 4) is 17.1 Å². The number of ether oxygens (including phenoxy) is 2. The molecule has 4 aromatic rings. The number of piperidine rings is 1. The number of esters is 1. The van der Waals surface area contributed by atoms with Crippen molar-refractivity contribution in [1.82, 2.24) is 29.5 Å². The fourth-order valence-electron chi connectivity index (χ4n) is 4.90. The van der Waals surface area contributed by atoms with Crippen LogP contribution in [-0.4, -0.2) is 78.5 Å². The average Bonchev–Trinajstić information content (AvgIpc) is 3.37. The predicted molar refractivity (Wildman–Crippen MR) is 144 cm³/mol. The van der Waals surface area contributed by atoms with Crippen LogP contribution in [0.5, 0.6) is 5.75 Å². The molecule has 16 heteroatoms. The zero-order valence-electron chi connectivity index (χ0n) is 22.5. The van der Waals surface area contributed by atoms with E-state index in [2.05, 4.69) is 29.7 Å². The maximum Gasteiger partial charge on any atom is 0.305 e. The van der Waals surface area contributed by atoms with Crippen molar-refractivity contribution in [2.24, 2.45) is 5.73 Å². The van der Waals surface area contributed by atoms with E-state index in [1.54, 1.807) is 15.5 Å². The van der Waals surface area contributed by atoms with Crippen molar-refractivity contribution >= 4 is 28.6 Å². The number of carbonyl (C=O) groups excluding carboxylic acids is 1. The first kappa shape index (κ1) is 28.9. The standard InChI is InChI=1S/C26H28F3N9O4/c1-14(39)41-13-42-19-4-3-16(36-23(19)29)17-7-15(9-38-12-35-20-24(30)33-11-34-25(20)38)18(8-32-17)37-6-2-5-26(31,10-37)21(40)22(27)28/h3-4,7-8,11-12,21-22,40H,2,5-6,9-10,13,31H2,1H3,(H2,30,33,34)/t21-,26+/m0/s1. The molecule has 0 spiro atoms. The molecule has 5 rings (SSSR count). The van der Waals surface area contributed by atoms with Crippen LogP contribution in [-0.2, 0) is 16.1 Å². The number of aliphatic hydroxyl groups is 1. The van der Waals surface area contributed by atoms with Crippen LogP contribution >= 0.6 is 0 Å². The van der Waals surface area contributed by atoms with Gasteiger partial charge in [-0.2, -0.15) is 4.39 Å². The lowest BCUT2D eigenvalue weighted by molar-refractivity contribution is -0.147. The zero-order valence-corrected chi connectivity index (χ0v) is 22.5. The number of fused-ring (bicyclic) bond motifs is 1. The number of halogens is 3. The highest BCUT2D eigenvalue weighted by Crippen LogP contribution is 2.33. The van der Waals surface area contributed by atoms with Gasteiger partial charge in [0, 0.05) is 20.0 Å². The minimum atomic E-state index is -3.00. The van der Waals surface area contributed by atoms with Crippen molar-refractivity contribution in [1.29, 1.82) is 0 Å². The van der Waals surface area contributed by atoms with E-state index in [-0.39, 0.29) is 36.8 Å². The Morgan fingerprint density at radius 3 is 2.76 bits per heavy atom. The smallest absolute Gasteiger partial charge is 0.305 e. The van der Waals surface area contributed by atoms with Gasteiger partial charge in [0.1, 0.15) is 17.9 Å². The van der Waals surface area contributed by atoms with Gasteiger partial charge < -0.3 is 35.5 Å². The van der Waals surface area contributed by atoms with Crippen molar-refractivity contribution in [2.75, 3.05) is 30.5 Å². The number of carbonyl (C=O) groups is 1. The third kappa shape index (κ3) is 5.89. The first-order valence-electron chi connectivity index (χ1n) is 12.9. The molecule has 0 radical (unpaired) electrons. The van der Waals surface area contributed by atoms with Crippen LogP contribution in [0.1, 0.15) is 25.3 Å². The highest BCUT2D eigenvalue weighted by atomic mass is 19.3. The van der Waals surface area contributed by atoms with Crippen LogP contribution in [0.15, 0.2) is 37.1 Å². The Bertz CT molecular complexity index is 1600. The second-order valence-electron chi connectivity index (χ2n) is 9.92. The molecule has 13 nitrogen and oxygen atoms in total. The number of imidazole rings is 1. The van der Waals surface area contributed by atoms with Crippen LogP contribution in [0.25, 0.3) is 22.6 Å². The van der Waals surface area contributed by atoms with Crippen molar-refractivity contribution < 1.29 is 32.5 Å². The van der Waals surface area contributed by atoms with Gasteiger partial charge >= 0.3 is 5.97 Å². The Morgan fingerprint density at radius 1 is 1.21 bits per heavy atom. The quantitative estimate of drug-likeness (QED) is 0.147. The second-order valence-corrected chi connectivity index (χ2v) is 9.92. The molecule has 0 amide bonds. The van der Waals surface area contributed by atoms with E-state index in [1.165, 1.54) is 37.9 Å². The molecule has 0 unspecified atom stereocenters. The van der Waals surface area contributed by atoms with E-state index >= 15 is 0 Å². The molecular weight excluding hydrogens is 559 g/mol. The molecule has 5 heterocycles. The van der Waals surface area contributed by atoms with Gasteiger partial charge in [-0.3, -0.25) is 9.78 Å². The third-order valence-electron chi connectivity index (χ3n) is 7.01. The molecule has 4 aromatic heterocycles. The Hall–Kier alpha value is -4.57. The predicted octanol–water partition coefficient (Wildman–Crippen LogP) is 1.88. The van der Waals surface area contributed by atoms with Gasteiger partial charge in [0.25, 0.3) is 12.4 Å². The van der Waals surface area contributed by atoms with Crippen LogP contribution in [0, 0.1) is 5.95 Å². The van der Waals surface area contributed by atoms with Crippen LogP contribution < -0.4 is 21.1 Å². The fraction of sp³-hybridized carbons (Fsp3) is 0.385. The number of alkyl halides is 2. The molecule has 0 bridgehead atoms. The van der Waals surface area contributed by atoms with Gasteiger partial charge in [0.15, 0.2) is 17.2 Å². The molecule has 0 saturated carbocycles. The lowest BCUT2D eigenvalue weighted by atomic mass is 9.84. The fourth-order valence-corrected chi connectivity index (χ4v) is 4.90. The largest absolute Gasteiger partial charge is 0.453 e. The summed E-state index contributed by atoms with van der Waals surface area (Å²) < 4.78 is 53.1. The van der Waals surface area contributed by atoms with Crippen LogP contribution in [0.3, 0.4) is 0 Å². The van der Waals surface area contributed by atoms with E-state index in [0.29, 0.717) is 41.1 Å². The maximum absolute atomic E-state index is 14.7. The number of pyridine rings is 2. The summed E-state index contributed by atoms with van der Waals surface area (Å²) >= 11 is 0. The summed E-state index contributed by atoms with van der Waals surface area (Å²) in [5, 5.41) is 10.2. The summed E-state index contributed by atoms with van der Waals surface area (Å²) in [5.74, 6) is -1.54. The van der Waals surface area contributed by atoms with Gasteiger partial charge in [0.05, 0.1) is 41.7 Å². The van der Waals surface area contributed by atoms with Gasteiger partial charge in [-0.15, -0.1) is 0 Å². The first-order valence-corrected chi connectivity index (χ1v) is 12.9. The highest BCUT2D eigenvalue weighted by molar-refractivity contribution is 5.81. The molecule has 2 atom stereocenters. The molecule has 1 saturated heterocycles. The lowest BCUT2D eigenvalue weighted by Gasteiger charge is -2.44. The molecule has 0 aliphatic carbocycles. The van der Waals surface area contributed by atoms with Crippen molar-refractivity contribution in [3.05, 3.63) is 48.6 Å². The Kier molecular flexibility index (Phi) is 8.08. The van der Waals surface area contributed by atoms with Crippen LogP contribution in [0.4, 0.5) is 24.7 Å². The molecule has 0 aromatic carbocycles. The monoisotopic (exact) mass is 587 g/mol. The third-order valence-corrected chi connectivity index (χ3v) is 7.01. The van der Waals surface area contributed by atoms with E-state index in [4.69, 9.17) is 16.2 Å². The molecule has 1 aliphatic rings. The molecule has 1 fully saturated rings. The van der Waals surface area contributed by atoms with Crippen LogP contribution in [0.2, 0.25) is 0 Å². The molecular formula is C26H28F3N9O4. The van der Waals surface area contributed by atoms with Gasteiger partial charge in [-0.25, -0.2) is 28.7 Å². The summed E-state index contributed by atoms with van der Waals surface area (Å²) in [6.45, 7) is 1.34. The SMILES string of the molecule is CC(=O)OCOc1ccc(-c2cc(Cn3cnc4c(N)ncnc43)c(N3CCC[C@](N)([C@@H](O)C(F)F)C3)cn2)nc1F. The molecule has 1 aliphatic heterocycles. The van der Waals surface area contributed by atoms with Gasteiger partial charge in [0.2, 0.25) is 6.79 Å². The number of nitrogens with zero attached hydrogens (tertiary/aromatic N) is 7. The number of hydrogen-bond donors (Lipinski definition) is 3. The minimum absolute atomic E-state index is 0.0480. The summed E-state index contributed by atoms with van der Waals surface area (Å²) in [6, 6.07) is 4.51. The lowest BCUT2D eigenvalue weighted by Crippen LogP contribution is -2.63. The zero-order chi connectivity index (χ0) is 30.0. The Balaban J connectivity index is 1.51. The topological polar surface area (TPSA) is 180 Å². The molecule has 42 heavy (non-hydrogen) atoms. The summed E-state index contributed by atoms with van der Waals surface area (Å²) in [4.78, 5) is 33.7. The normalized spacial score (nSPS) is 17.9. The first-order chi connectivity index (χ1) is 20.1. The molecule has 222 valence electrons. The maximum atomic E-state index is 14.7. The minimum Gasteiger partial charge on any atom is -0.453 e. The number of nitrogens with two attached hydrogens (primary N) is 2.